The maximum atomic E-state index is 6.81. The molecule has 0 heterocycles. The van der Waals surface area contributed by atoms with E-state index < -0.39 is 0 Å². The SMILES string of the molecule is CCCCCCCCCC(CC)OC(=S)C(C)CC(CC(C)C(=S)OC(CC)CCCCCCCCC)(CC(C)C(=S)OC(CC)CCCCCCCCC)CC(C)C(=S)OC(CC)CCCCCCCCC. The Labute approximate surface area is 478 Å². The van der Waals surface area contributed by atoms with Crippen LogP contribution in [0.1, 0.15) is 340 Å². The van der Waals surface area contributed by atoms with E-state index in [1.165, 1.54) is 180 Å². The summed E-state index contributed by atoms with van der Waals surface area (Å²) >= 11 is 25.3. The van der Waals surface area contributed by atoms with Gasteiger partial charge in [0, 0.05) is 23.7 Å². The van der Waals surface area contributed by atoms with Crippen LogP contribution in [0.25, 0.3) is 0 Å². The van der Waals surface area contributed by atoms with E-state index in [-0.39, 0.29) is 53.5 Å². The molecule has 432 valence electrons. The fourth-order valence-corrected chi connectivity index (χ4v) is 12.1. The molecule has 8 atom stereocenters. The van der Waals surface area contributed by atoms with Crippen molar-refractivity contribution in [3.63, 3.8) is 0 Å². The van der Waals surface area contributed by atoms with Crippen molar-refractivity contribution in [2.24, 2.45) is 29.1 Å². The molecule has 0 saturated heterocycles. The molecule has 0 rings (SSSR count). The zero-order chi connectivity index (χ0) is 54.5. The van der Waals surface area contributed by atoms with Crippen LogP contribution in [0.4, 0.5) is 0 Å². The van der Waals surface area contributed by atoms with Gasteiger partial charge in [-0.05, 0) is 157 Å². The molecule has 8 heteroatoms. The quantitative estimate of drug-likeness (QED) is 0.0441. The van der Waals surface area contributed by atoms with Gasteiger partial charge in [0.25, 0.3) is 0 Å². The molecular formula is C65H124O4S4. The van der Waals surface area contributed by atoms with Crippen molar-refractivity contribution in [3.8, 4) is 0 Å². The van der Waals surface area contributed by atoms with Crippen molar-refractivity contribution in [1.82, 2.24) is 0 Å². The molecule has 0 amide bonds. The summed E-state index contributed by atoms with van der Waals surface area (Å²) in [6.07, 6.45) is 48.5. The molecule has 0 aliphatic rings. The van der Waals surface area contributed by atoms with Gasteiger partial charge in [0.2, 0.25) is 0 Å². The van der Waals surface area contributed by atoms with Crippen molar-refractivity contribution in [2.45, 2.75) is 364 Å². The summed E-state index contributed by atoms with van der Waals surface area (Å²) in [5.41, 5.74) is -0.250. The summed E-state index contributed by atoms with van der Waals surface area (Å²) in [7, 11) is 0. The Morgan fingerprint density at radius 3 is 0.603 bits per heavy atom. The van der Waals surface area contributed by atoms with Crippen molar-refractivity contribution in [2.75, 3.05) is 0 Å². The van der Waals surface area contributed by atoms with Gasteiger partial charge >= 0.3 is 0 Å². The van der Waals surface area contributed by atoms with Crippen LogP contribution < -0.4 is 0 Å². The fourth-order valence-electron chi connectivity index (χ4n) is 11.3. The molecule has 8 unspecified atom stereocenters. The lowest BCUT2D eigenvalue weighted by molar-refractivity contribution is 0.0980. The highest BCUT2D eigenvalue weighted by Gasteiger charge is 2.41. The van der Waals surface area contributed by atoms with Crippen molar-refractivity contribution in [1.29, 1.82) is 0 Å². The van der Waals surface area contributed by atoms with Crippen LogP contribution in [0.3, 0.4) is 0 Å². The van der Waals surface area contributed by atoms with E-state index in [0.717, 1.165) is 97.3 Å². The number of unbranched alkanes of at least 4 members (excludes halogenated alkanes) is 24. The van der Waals surface area contributed by atoms with Crippen molar-refractivity contribution >= 4 is 69.1 Å². The van der Waals surface area contributed by atoms with E-state index in [2.05, 4.69) is 83.1 Å². The van der Waals surface area contributed by atoms with Gasteiger partial charge in [-0.1, -0.05) is 237 Å². The first-order chi connectivity index (χ1) is 35.2. The zero-order valence-corrected chi connectivity index (χ0v) is 53.9. The molecule has 0 spiro atoms. The Kier molecular flexibility index (Phi) is 48.4. The maximum Gasteiger partial charge on any atom is 0.162 e. The monoisotopic (exact) mass is 1100 g/mol. The van der Waals surface area contributed by atoms with Crippen LogP contribution in [-0.4, -0.2) is 44.6 Å². The molecular weight excluding hydrogens is 973 g/mol. The predicted octanol–water partition coefficient (Wildman–Crippen LogP) is 23.1. The minimum Gasteiger partial charge on any atom is -0.484 e. The Balaban J connectivity index is 6.81. The molecule has 0 bridgehead atoms. The smallest absolute Gasteiger partial charge is 0.162 e. The van der Waals surface area contributed by atoms with Gasteiger partial charge in [-0.3, -0.25) is 0 Å². The number of hydrogen-bond acceptors (Lipinski definition) is 8. The third kappa shape index (κ3) is 37.9. The highest BCUT2D eigenvalue weighted by molar-refractivity contribution is 7.80. The molecule has 0 saturated carbocycles. The van der Waals surface area contributed by atoms with Gasteiger partial charge in [0.1, 0.15) is 0 Å². The minimum atomic E-state index is -0.250. The summed E-state index contributed by atoms with van der Waals surface area (Å²) in [6, 6.07) is 0. The highest BCUT2D eigenvalue weighted by Crippen LogP contribution is 2.47. The molecule has 0 aromatic rings. The second-order valence-electron chi connectivity index (χ2n) is 23.4. The lowest BCUT2D eigenvalue weighted by Crippen LogP contribution is -2.38. The first-order valence-electron chi connectivity index (χ1n) is 32.0. The first-order valence-corrected chi connectivity index (χ1v) is 33.6. The summed E-state index contributed by atoms with van der Waals surface area (Å²) < 4.78 is 27.3. The minimum absolute atomic E-state index is 0.0466. The second kappa shape index (κ2) is 48.7. The van der Waals surface area contributed by atoms with Gasteiger partial charge in [-0.15, -0.1) is 0 Å². The second-order valence-corrected chi connectivity index (χ2v) is 25.0. The Morgan fingerprint density at radius 2 is 0.438 bits per heavy atom. The molecule has 0 aliphatic heterocycles. The van der Waals surface area contributed by atoms with Gasteiger partial charge in [0.15, 0.2) is 20.2 Å². The number of thiocarbonyl (C=S) groups is 4. The Morgan fingerprint density at radius 1 is 0.274 bits per heavy atom. The summed E-state index contributed by atoms with van der Waals surface area (Å²) in [6.45, 7) is 27.4. The van der Waals surface area contributed by atoms with E-state index in [9.17, 15) is 0 Å². The average Bonchev–Trinajstić information content (AvgIpc) is 3.37. The average molecular weight is 1100 g/mol. The summed E-state index contributed by atoms with van der Waals surface area (Å²) in [5, 5.41) is 2.97. The molecule has 0 N–H and O–H groups in total. The first kappa shape index (κ1) is 72.6. The molecule has 0 aromatic heterocycles. The molecule has 0 aromatic carbocycles. The predicted molar refractivity (Wildman–Crippen MR) is 339 cm³/mol. The van der Waals surface area contributed by atoms with Gasteiger partial charge in [0.05, 0.1) is 24.4 Å². The van der Waals surface area contributed by atoms with E-state index in [1.807, 2.05) is 0 Å². The van der Waals surface area contributed by atoms with Crippen molar-refractivity contribution in [3.05, 3.63) is 0 Å². The number of ether oxygens (including phenoxy) is 4. The largest absolute Gasteiger partial charge is 0.484 e. The Bertz CT molecular complexity index is 1130. The van der Waals surface area contributed by atoms with Crippen LogP contribution in [0.15, 0.2) is 0 Å². The van der Waals surface area contributed by atoms with Crippen LogP contribution in [-0.2, 0) is 18.9 Å². The highest BCUT2D eigenvalue weighted by atomic mass is 32.1. The lowest BCUT2D eigenvalue weighted by atomic mass is 9.65. The Hall–Kier alpha value is -0.440. The summed E-state index contributed by atoms with van der Waals surface area (Å²) in [4.78, 5) is 0. The van der Waals surface area contributed by atoms with Crippen LogP contribution in [0.5, 0.6) is 0 Å². The topological polar surface area (TPSA) is 36.9 Å². The van der Waals surface area contributed by atoms with E-state index in [4.69, 9.17) is 67.8 Å². The van der Waals surface area contributed by atoms with E-state index in [1.54, 1.807) is 0 Å². The fraction of sp³-hybridized carbons (Fsp3) is 0.938. The summed E-state index contributed by atoms with van der Waals surface area (Å²) in [5.74, 6) is 0.186. The molecule has 0 fully saturated rings. The standard InChI is InChI=1S/C65H124O4S4/c1-13-21-25-29-33-37-41-45-57(17-5)66-61(70)53(9)49-65(50-54(10)62(71)67-58(18-6)46-42-38-34-30-26-22-14-2,51-55(11)63(72)68-59(19-7)47-43-39-35-31-27-23-15-3)52-56(12)64(73)69-60(20-8)48-44-40-36-32-28-24-16-4/h53-60H,13-52H2,1-12H3. The zero-order valence-electron chi connectivity index (χ0n) is 50.7. The lowest BCUT2D eigenvalue weighted by Gasteiger charge is -2.42. The molecule has 0 aliphatic carbocycles. The normalized spacial score (nSPS) is 15.8. The maximum absolute atomic E-state index is 6.81. The molecule has 73 heavy (non-hydrogen) atoms. The van der Waals surface area contributed by atoms with Gasteiger partial charge < -0.3 is 18.9 Å². The van der Waals surface area contributed by atoms with Crippen molar-refractivity contribution < 1.29 is 18.9 Å². The third-order valence-electron chi connectivity index (χ3n) is 16.0. The van der Waals surface area contributed by atoms with Crippen LogP contribution >= 0.6 is 48.9 Å². The van der Waals surface area contributed by atoms with Gasteiger partial charge in [-0.2, -0.15) is 0 Å². The van der Waals surface area contributed by atoms with E-state index >= 15 is 0 Å². The number of hydrogen-bond donors (Lipinski definition) is 0. The van der Waals surface area contributed by atoms with E-state index in [0.29, 0.717) is 0 Å². The van der Waals surface area contributed by atoms with Crippen LogP contribution in [0.2, 0.25) is 0 Å². The molecule has 0 radical (unpaired) electrons. The molecule has 4 nitrogen and oxygen atoms in total. The third-order valence-corrected chi connectivity index (χ3v) is 18.0. The van der Waals surface area contributed by atoms with Crippen LogP contribution in [0, 0.1) is 29.1 Å². The van der Waals surface area contributed by atoms with Gasteiger partial charge in [-0.25, -0.2) is 0 Å². The number of rotatable bonds is 52.